The van der Waals surface area contributed by atoms with Crippen molar-refractivity contribution >= 4 is 33.6 Å². The second kappa shape index (κ2) is 8.38. The van der Waals surface area contributed by atoms with Crippen molar-refractivity contribution in [2.24, 2.45) is 0 Å². The van der Waals surface area contributed by atoms with Gasteiger partial charge in [0.2, 0.25) is 0 Å². The SMILES string of the molecule is CCN(c1ccccc1)S(=O)(=O)c1ccc(C(=O)NN2C(=O)NC(C)(CC)C2=O)cc1. The molecule has 164 valence electrons. The predicted octanol–water partition coefficient (Wildman–Crippen LogP) is 2.27. The van der Waals surface area contributed by atoms with Gasteiger partial charge in [-0.15, -0.1) is 0 Å². The second-order valence-electron chi connectivity index (χ2n) is 7.23. The number of hydrogen-bond acceptors (Lipinski definition) is 5. The number of urea groups is 1. The van der Waals surface area contributed by atoms with E-state index in [4.69, 9.17) is 0 Å². The maximum Gasteiger partial charge on any atom is 0.344 e. The summed E-state index contributed by atoms with van der Waals surface area (Å²) in [5.74, 6) is -1.27. The number of benzene rings is 2. The molecule has 10 heteroatoms. The minimum atomic E-state index is -3.83. The summed E-state index contributed by atoms with van der Waals surface area (Å²) in [5.41, 5.74) is 1.83. The Morgan fingerprint density at radius 2 is 1.68 bits per heavy atom. The Hall–Kier alpha value is -3.40. The Balaban J connectivity index is 1.79. The molecule has 0 aromatic heterocycles. The highest BCUT2D eigenvalue weighted by Crippen LogP contribution is 2.24. The lowest BCUT2D eigenvalue weighted by molar-refractivity contribution is -0.132. The smallest absolute Gasteiger partial charge is 0.322 e. The third kappa shape index (κ3) is 4.11. The molecular weight excluding hydrogens is 420 g/mol. The van der Waals surface area contributed by atoms with Gasteiger partial charge in [-0.25, -0.2) is 13.2 Å². The molecular formula is C21H24N4O5S. The fourth-order valence-electron chi connectivity index (χ4n) is 3.18. The Morgan fingerprint density at radius 1 is 1.06 bits per heavy atom. The Bertz CT molecular complexity index is 1100. The molecule has 0 saturated carbocycles. The van der Waals surface area contributed by atoms with E-state index in [1.165, 1.54) is 28.6 Å². The van der Waals surface area contributed by atoms with Crippen LogP contribution in [-0.2, 0) is 14.8 Å². The van der Waals surface area contributed by atoms with Crippen LogP contribution in [0.15, 0.2) is 59.5 Å². The largest absolute Gasteiger partial charge is 0.344 e. The summed E-state index contributed by atoms with van der Waals surface area (Å²) >= 11 is 0. The van der Waals surface area contributed by atoms with Gasteiger partial charge in [-0.2, -0.15) is 5.01 Å². The molecule has 0 aliphatic carbocycles. The summed E-state index contributed by atoms with van der Waals surface area (Å²) < 4.78 is 27.3. The maximum absolute atomic E-state index is 13.0. The van der Waals surface area contributed by atoms with Crippen LogP contribution in [0.4, 0.5) is 10.5 Å². The summed E-state index contributed by atoms with van der Waals surface area (Å²) in [6, 6.07) is 13.3. The van der Waals surface area contributed by atoms with Crippen LogP contribution >= 0.6 is 0 Å². The monoisotopic (exact) mass is 444 g/mol. The van der Waals surface area contributed by atoms with Crippen molar-refractivity contribution in [3.05, 3.63) is 60.2 Å². The highest BCUT2D eigenvalue weighted by molar-refractivity contribution is 7.92. The van der Waals surface area contributed by atoms with Gasteiger partial charge in [-0.3, -0.25) is 19.3 Å². The highest BCUT2D eigenvalue weighted by Gasteiger charge is 2.47. The van der Waals surface area contributed by atoms with E-state index in [0.717, 1.165) is 0 Å². The van der Waals surface area contributed by atoms with Crippen molar-refractivity contribution in [3.8, 4) is 0 Å². The van der Waals surface area contributed by atoms with E-state index in [1.54, 1.807) is 51.1 Å². The minimum Gasteiger partial charge on any atom is -0.322 e. The van der Waals surface area contributed by atoms with Crippen molar-refractivity contribution in [2.75, 3.05) is 10.8 Å². The standard InChI is InChI=1S/C21H24N4O5S/c1-4-21(3)19(27)25(20(28)22-21)23-18(26)15-11-13-17(14-12-15)31(29,30)24(5-2)16-9-7-6-8-10-16/h6-14H,4-5H2,1-3H3,(H,22,28)(H,23,26). The number of amides is 4. The third-order valence-electron chi connectivity index (χ3n) is 5.22. The fraction of sp³-hybridized carbons (Fsp3) is 0.286. The Kier molecular flexibility index (Phi) is 6.03. The molecule has 0 spiro atoms. The van der Waals surface area contributed by atoms with Crippen LogP contribution in [0.3, 0.4) is 0 Å². The number of carbonyl (C=O) groups excluding carboxylic acids is 3. The van der Waals surface area contributed by atoms with Crippen LogP contribution in [0.25, 0.3) is 0 Å². The molecule has 1 aliphatic heterocycles. The molecule has 0 bridgehead atoms. The molecule has 2 aromatic carbocycles. The molecule has 9 nitrogen and oxygen atoms in total. The van der Waals surface area contributed by atoms with Crippen molar-refractivity contribution in [1.82, 2.24) is 15.8 Å². The van der Waals surface area contributed by atoms with Crippen LogP contribution < -0.4 is 15.0 Å². The zero-order chi connectivity index (χ0) is 22.8. The number of imide groups is 1. The van der Waals surface area contributed by atoms with Gasteiger partial charge in [0.1, 0.15) is 5.54 Å². The molecule has 1 saturated heterocycles. The van der Waals surface area contributed by atoms with Crippen LogP contribution in [0.2, 0.25) is 0 Å². The zero-order valence-corrected chi connectivity index (χ0v) is 18.3. The minimum absolute atomic E-state index is 0.0169. The second-order valence-corrected chi connectivity index (χ2v) is 9.09. The van der Waals surface area contributed by atoms with Crippen molar-refractivity contribution < 1.29 is 22.8 Å². The first-order chi connectivity index (χ1) is 14.6. The summed E-state index contributed by atoms with van der Waals surface area (Å²) in [4.78, 5) is 37.0. The van der Waals surface area contributed by atoms with Crippen molar-refractivity contribution in [3.63, 3.8) is 0 Å². The summed E-state index contributed by atoms with van der Waals surface area (Å²) in [5, 5.41) is 3.18. The first-order valence-corrected chi connectivity index (χ1v) is 11.2. The van der Waals surface area contributed by atoms with Gasteiger partial charge >= 0.3 is 6.03 Å². The zero-order valence-electron chi connectivity index (χ0n) is 17.5. The lowest BCUT2D eigenvalue weighted by atomic mass is 10.00. The molecule has 0 radical (unpaired) electrons. The molecule has 1 aliphatic rings. The number of para-hydroxylation sites is 1. The molecule has 1 atom stereocenters. The third-order valence-corrected chi connectivity index (χ3v) is 7.13. The number of nitrogens with zero attached hydrogens (tertiary/aromatic N) is 2. The van der Waals surface area contributed by atoms with Gasteiger partial charge in [0.05, 0.1) is 10.6 Å². The van der Waals surface area contributed by atoms with E-state index in [-0.39, 0.29) is 17.0 Å². The quantitative estimate of drug-likeness (QED) is 0.636. The molecule has 3 rings (SSSR count). The van der Waals surface area contributed by atoms with Gasteiger partial charge in [-0.05, 0) is 56.7 Å². The molecule has 2 aromatic rings. The predicted molar refractivity (Wildman–Crippen MR) is 115 cm³/mol. The van der Waals surface area contributed by atoms with Gasteiger partial charge in [0.25, 0.3) is 21.8 Å². The first kappa shape index (κ1) is 22.3. The molecule has 2 N–H and O–H groups in total. The normalized spacial score (nSPS) is 18.6. The lowest BCUT2D eigenvalue weighted by Crippen LogP contribution is -2.48. The molecule has 1 unspecified atom stereocenters. The molecule has 4 amide bonds. The summed E-state index contributed by atoms with van der Waals surface area (Å²) in [7, 11) is -3.83. The van der Waals surface area contributed by atoms with Crippen LogP contribution in [0.5, 0.6) is 0 Å². The van der Waals surface area contributed by atoms with Gasteiger partial charge in [0.15, 0.2) is 0 Å². The number of nitrogens with one attached hydrogen (secondary N) is 2. The van der Waals surface area contributed by atoms with Crippen LogP contribution in [0, 0.1) is 0 Å². The average molecular weight is 445 g/mol. The fourth-order valence-corrected chi connectivity index (χ4v) is 4.66. The topological polar surface area (TPSA) is 116 Å². The lowest BCUT2D eigenvalue weighted by Gasteiger charge is -2.23. The number of sulfonamides is 1. The van der Waals surface area contributed by atoms with Gasteiger partial charge in [-0.1, -0.05) is 25.1 Å². The average Bonchev–Trinajstić information content (AvgIpc) is 2.98. The van der Waals surface area contributed by atoms with E-state index in [0.29, 0.717) is 17.1 Å². The summed E-state index contributed by atoms with van der Waals surface area (Å²) in [6.07, 6.45) is 0.367. The van der Waals surface area contributed by atoms with E-state index >= 15 is 0 Å². The van der Waals surface area contributed by atoms with Crippen molar-refractivity contribution in [1.29, 1.82) is 0 Å². The molecule has 31 heavy (non-hydrogen) atoms. The number of carbonyl (C=O) groups is 3. The summed E-state index contributed by atoms with van der Waals surface area (Å²) in [6.45, 7) is 5.29. The van der Waals surface area contributed by atoms with E-state index in [9.17, 15) is 22.8 Å². The van der Waals surface area contributed by atoms with Crippen LogP contribution in [0.1, 0.15) is 37.6 Å². The van der Waals surface area contributed by atoms with E-state index in [1.807, 2.05) is 0 Å². The van der Waals surface area contributed by atoms with Crippen LogP contribution in [-0.4, -0.2) is 43.4 Å². The van der Waals surface area contributed by atoms with Gasteiger partial charge < -0.3 is 5.32 Å². The maximum atomic E-state index is 13.0. The number of anilines is 1. The molecule has 1 heterocycles. The Morgan fingerprint density at radius 3 is 2.19 bits per heavy atom. The number of rotatable bonds is 7. The van der Waals surface area contributed by atoms with Gasteiger partial charge in [0, 0.05) is 12.1 Å². The van der Waals surface area contributed by atoms with E-state index in [2.05, 4.69) is 10.7 Å². The van der Waals surface area contributed by atoms with E-state index < -0.39 is 33.4 Å². The highest BCUT2D eigenvalue weighted by atomic mass is 32.2. The molecule has 1 fully saturated rings. The number of hydrogen-bond donors (Lipinski definition) is 2. The number of hydrazine groups is 1. The van der Waals surface area contributed by atoms with Crippen molar-refractivity contribution in [2.45, 2.75) is 37.6 Å². The first-order valence-electron chi connectivity index (χ1n) is 9.79. The Labute approximate surface area is 181 Å².